The van der Waals surface area contributed by atoms with Crippen molar-refractivity contribution in [3.8, 4) is 0 Å². The summed E-state index contributed by atoms with van der Waals surface area (Å²) in [5, 5.41) is 31.7. The highest BCUT2D eigenvalue weighted by Crippen LogP contribution is 2.02. The molecule has 9 heteroatoms. The van der Waals surface area contributed by atoms with Crippen molar-refractivity contribution >= 4 is 17.8 Å². The fraction of sp³-hybridized carbons (Fsp3) is 0.750. The summed E-state index contributed by atoms with van der Waals surface area (Å²) in [6.45, 7) is 3.79. The normalized spacial score (nSPS) is 16.7. The second kappa shape index (κ2) is 8.55. The number of aliphatic carboxylic acids is 1. The highest BCUT2D eigenvalue weighted by Gasteiger charge is 2.29. The molecule has 0 aliphatic carbocycles. The summed E-state index contributed by atoms with van der Waals surface area (Å²) in [5.74, 6) is -3.26. The molecule has 0 radical (unpaired) electrons. The van der Waals surface area contributed by atoms with Crippen LogP contribution < -0.4 is 16.4 Å². The zero-order valence-electron chi connectivity index (χ0n) is 12.2. The van der Waals surface area contributed by atoms with Crippen LogP contribution in [0.1, 0.15) is 20.8 Å². The SMILES string of the molecule is CC(C)[C@H](NC(=O)[C@H](CO)NC(=O)[C@@H](N)[C@@H](C)O)C(=O)O. The Balaban J connectivity index is 4.76. The van der Waals surface area contributed by atoms with Gasteiger partial charge in [-0.3, -0.25) is 9.59 Å². The number of carboxylic acids is 1. The Kier molecular flexibility index (Phi) is 7.85. The molecule has 9 nitrogen and oxygen atoms in total. The summed E-state index contributed by atoms with van der Waals surface area (Å²) in [5.41, 5.74) is 5.39. The Bertz CT molecular complexity index is 385. The number of nitrogens with two attached hydrogens (primary N) is 1. The van der Waals surface area contributed by atoms with Gasteiger partial charge in [0.15, 0.2) is 0 Å². The van der Waals surface area contributed by atoms with Gasteiger partial charge in [0.2, 0.25) is 11.8 Å². The molecule has 21 heavy (non-hydrogen) atoms. The van der Waals surface area contributed by atoms with Crippen LogP contribution in [0.4, 0.5) is 0 Å². The van der Waals surface area contributed by atoms with E-state index in [4.69, 9.17) is 15.9 Å². The van der Waals surface area contributed by atoms with Crippen molar-refractivity contribution in [1.82, 2.24) is 10.6 Å². The van der Waals surface area contributed by atoms with Gasteiger partial charge in [0, 0.05) is 0 Å². The van der Waals surface area contributed by atoms with E-state index in [2.05, 4.69) is 10.6 Å². The number of carbonyl (C=O) groups excluding carboxylic acids is 2. The summed E-state index contributed by atoms with van der Waals surface area (Å²) in [6, 6.07) is -3.75. The molecule has 0 saturated heterocycles. The molecule has 7 N–H and O–H groups in total. The van der Waals surface area contributed by atoms with E-state index in [1.54, 1.807) is 13.8 Å². The Morgan fingerprint density at radius 2 is 1.62 bits per heavy atom. The molecule has 122 valence electrons. The first kappa shape index (κ1) is 19.3. The van der Waals surface area contributed by atoms with Crippen LogP contribution >= 0.6 is 0 Å². The van der Waals surface area contributed by atoms with Gasteiger partial charge in [0.25, 0.3) is 0 Å². The molecule has 0 bridgehead atoms. The summed E-state index contributed by atoms with van der Waals surface area (Å²) >= 11 is 0. The van der Waals surface area contributed by atoms with Crippen LogP contribution in [0, 0.1) is 5.92 Å². The molecule has 0 rings (SSSR count). The molecule has 0 unspecified atom stereocenters. The first-order chi connectivity index (χ1) is 9.61. The Morgan fingerprint density at radius 1 is 1.10 bits per heavy atom. The Labute approximate surface area is 122 Å². The zero-order chi connectivity index (χ0) is 16.7. The lowest BCUT2D eigenvalue weighted by atomic mass is 10.0. The highest BCUT2D eigenvalue weighted by molar-refractivity contribution is 5.92. The number of aliphatic hydroxyl groups excluding tert-OH is 2. The summed E-state index contributed by atoms with van der Waals surface area (Å²) in [7, 11) is 0. The van der Waals surface area contributed by atoms with Gasteiger partial charge in [-0.25, -0.2) is 4.79 Å². The van der Waals surface area contributed by atoms with Gasteiger partial charge in [0.05, 0.1) is 12.7 Å². The van der Waals surface area contributed by atoms with Crippen LogP contribution in [0.2, 0.25) is 0 Å². The monoisotopic (exact) mass is 305 g/mol. The van der Waals surface area contributed by atoms with E-state index >= 15 is 0 Å². The van der Waals surface area contributed by atoms with Crippen molar-refractivity contribution in [2.45, 2.75) is 45.0 Å². The minimum absolute atomic E-state index is 0.374. The molecule has 0 aliphatic heterocycles. The number of hydrogen-bond donors (Lipinski definition) is 6. The van der Waals surface area contributed by atoms with Crippen molar-refractivity contribution in [3.05, 3.63) is 0 Å². The van der Waals surface area contributed by atoms with E-state index in [-0.39, 0.29) is 5.92 Å². The second-order valence-corrected chi connectivity index (χ2v) is 5.08. The minimum atomic E-state index is -1.34. The van der Waals surface area contributed by atoms with E-state index in [0.717, 1.165) is 0 Å². The number of nitrogens with one attached hydrogen (secondary N) is 2. The molecule has 4 atom stereocenters. The van der Waals surface area contributed by atoms with Crippen LogP contribution in [-0.4, -0.2) is 63.9 Å². The van der Waals surface area contributed by atoms with Crippen LogP contribution in [0.25, 0.3) is 0 Å². The fourth-order valence-electron chi connectivity index (χ4n) is 1.45. The standard InChI is InChI=1S/C12H23N3O6/c1-5(2)9(12(20)21)15-10(18)7(4-16)14-11(19)8(13)6(3)17/h5-9,16-17H,4,13H2,1-3H3,(H,14,19)(H,15,18)(H,20,21)/t6-,7+,8+,9+/m1/s1. The van der Waals surface area contributed by atoms with E-state index in [1.165, 1.54) is 6.92 Å². The lowest BCUT2D eigenvalue weighted by Crippen LogP contribution is -2.58. The Hall–Kier alpha value is -1.71. The van der Waals surface area contributed by atoms with Gasteiger partial charge in [-0.2, -0.15) is 0 Å². The molecular formula is C12H23N3O6. The van der Waals surface area contributed by atoms with Crippen LogP contribution in [0.5, 0.6) is 0 Å². The summed E-state index contributed by atoms with van der Waals surface area (Å²) in [4.78, 5) is 34.5. The maximum Gasteiger partial charge on any atom is 0.326 e. The average molecular weight is 305 g/mol. The van der Waals surface area contributed by atoms with E-state index in [0.29, 0.717) is 0 Å². The number of rotatable bonds is 8. The topological polar surface area (TPSA) is 162 Å². The van der Waals surface area contributed by atoms with Gasteiger partial charge in [0.1, 0.15) is 18.1 Å². The van der Waals surface area contributed by atoms with E-state index in [1.807, 2.05) is 0 Å². The molecule has 0 spiro atoms. The lowest BCUT2D eigenvalue weighted by molar-refractivity contribution is -0.143. The van der Waals surface area contributed by atoms with E-state index < -0.39 is 48.6 Å². The van der Waals surface area contributed by atoms with Crippen molar-refractivity contribution in [2.24, 2.45) is 11.7 Å². The van der Waals surface area contributed by atoms with Gasteiger partial charge in [-0.1, -0.05) is 13.8 Å². The molecule has 0 aromatic carbocycles. The molecule has 0 heterocycles. The van der Waals surface area contributed by atoms with Gasteiger partial charge < -0.3 is 31.7 Å². The van der Waals surface area contributed by atoms with E-state index in [9.17, 15) is 19.5 Å². The average Bonchev–Trinajstić information content (AvgIpc) is 2.39. The van der Waals surface area contributed by atoms with Crippen molar-refractivity contribution in [3.63, 3.8) is 0 Å². The van der Waals surface area contributed by atoms with Gasteiger partial charge in [-0.05, 0) is 12.8 Å². The lowest BCUT2D eigenvalue weighted by Gasteiger charge is -2.23. The fourth-order valence-corrected chi connectivity index (χ4v) is 1.45. The predicted octanol–water partition coefficient (Wildman–Crippen LogP) is -2.60. The van der Waals surface area contributed by atoms with Crippen LogP contribution in [-0.2, 0) is 14.4 Å². The molecule has 0 aromatic rings. The number of amides is 2. The second-order valence-electron chi connectivity index (χ2n) is 5.08. The molecule has 0 fully saturated rings. The third-order valence-corrected chi connectivity index (χ3v) is 2.87. The number of hydrogen-bond acceptors (Lipinski definition) is 6. The third-order valence-electron chi connectivity index (χ3n) is 2.87. The first-order valence-electron chi connectivity index (χ1n) is 6.49. The van der Waals surface area contributed by atoms with Gasteiger partial charge in [-0.15, -0.1) is 0 Å². The number of aliphatic hydroxyl groups is 2. The molecule has 0 saturated carbocycles. The Morgan fingerprint density at radius 3 is 1.95 bits per heavy atom. The van der Waals surface area contributed by atoms with Gasteiger partial charge >= 0.3 is 5.97 Å². The summed E-state index contributed by atoms with van der Waals surface area (Å²) < 4.78 is 0. The zero-order valence-corrected chi connectivity index (χ0v) is 12.2. The predicted molar refractivity (Wildman–Crippen MR) is 73.1 cm³/mol. The molecule has 0 aliphatic rings. The molecule has 0 aromatic heterocycles. The van der Waals surface area contributed by atoms with Crippen molar-refractivity contribution < 1.29 is 29.7 Å². The highest BCUT2D eigenvalue weighted by atomic mass is 16.4. The van der Waals surface area contributed by atoms with Crippen LogP contribution in [0.3, 0.4) is 0 Å². The van der Waals surface area contributed by atoms with Crippen molar-refractivity contribution in [1.29, 1.82) is 0 Å². The van der Waals surface area contributed by atoms with Crippen LogP contribution in [0.15, 0.2) is 0 Å². The quantitative estimate of drug-likeness (QED) is 0.286. The minimum Gasteiger partial charge on any atom is -0.480 e. The third kappa shape index (κ3) is 6.06. The first-order valence-corrected chi connectivity index (χ1v) is 6.49. The van der Waals surface area contributed by atoms with Crippen molar-refractivity contribution in [2.75, 3.05) is 6.61 Å². The number of carbonyl (C=O) groups is 3. The largest absolute Gasteiger partial charge is 0.480 e. The molecular weight excluding hydrogens is 282 g/mol. The number of carboxylic acid groups (broad SMARTS) is 1. The maximum atomic E-state index is 11.9. The maximum absolute atomic E-state index is 11.9. The smallest absolute Gasteiger partial charge is 0.326 e. The summed E-state index contributed by atoms with van der Waals surface area (Å²) in [6.07, 6.45) is -1.13. The molecule has 2 amide bonds.